The Hall–Kier alpha value is -2.81. The first-order chi connectivity index (χ1) is 14.5. The standard InChI is InChI=1S/C21H24N4O4S/c1-23(19(28)13-25-17(26)5-6-18(25)27)12-14-4-2-3-10-24(14)21(29)15-7-9-22-16-8-11-30-20(15)16/h7-9,11,14H,2-6,10,12-13H2,1H3/t14-/m0/s1. The van der Waals surface area contributed by atoms with Crippen LogP contribution in [0.2, 0.25) is 0 Å². The Bertz CT molecular complexity index is 988. The van der Waals surface area contributed by atoms with E-state index in [1.54, 1.807) is 19.3 Å². The number of fused-ring (bicyclic) bond motifs is 1. The number of likely N-dealkylation sites (N-methyl/N-ethyl adjacent to an activating group) is 1. The summed E-state index contributed by atoms with van der Waals surface area (Å²) in [5.41, 5.74) is 1.45. The van der Waals surface area contributed by atoms with Crippen molar-refractivity contribution in [3.05, 3.63) is 29.3 Å². The Morgan fingerprint density at radius 2 is 1.97 bits per heavy atom. The zero-order valence-electron chi connectivity index (χ0n) is 16.9. The van der Waals surface area contributed by atoms with E-state index in [4.69, 9.17) is 0 Å². The minimum Gasteiger partial charge on any atom is -0.342 e. The van der Waals surface area contributed by atoms with Crippen molar-refractivity contribution in [3.8, 4) is 0 Å². The molecule has 9 heteroatoms. The second-order valence-corrected chi connectivity index (χ2v) is 8.71. The topological polar surface area (TPSA) is 90.9 Å². The molecule has 0 spiro atoms. The first-order valence-electron chi connectivity index (χ1n) is 10.2. The van der Waals surface area contributed by atoms with Gasteiger partial charge in [-0.25, -0.2) is 0 Å². The third kappa shape index (κ3) is 3.94. The van der Waals surface area contributed by atoms with Gasteiger partial charge in [0, 0.05) is 45.2 Å². The minimum absolute atomic E-state index is 0.0414. The number of carbonyl (C=O) groups is 4. The molecular formula is C21H24N4O4S. The van der Waals surface area contributed by atoms with Crippen LogP contribution in [-0.4, -0.2) is 76.0 Å². The number of likely N-dealkylation sites (tertiary alicyclic amines) is 2. The Morgan fingerprint density at radius 3 is 2.73 bits per heavy atom. The summed E-state index contributed by atoms with van der Waals surface area (Å²) in [5, 5.41) is 1.93. The van der Waals surface area contributed by atoms with Crippen LogP contribution in [0.5, 0.6) is 0 Å². The average Bonchev–Trinajstić information content (AvgIpc) is 3.35. The van der Waals surface area contributed by atoms with Gasteiger partial charge >= 0.3 is 0 Å². The van der Waals surface area contributed by atoms with E-state index in [-0.39, 0.29) is 49.1 Å². The summed E-state index contributed by atoms with van der Waals surface area (Å²) in [6.07, 6.45) is 4.72. The number of aromatic nitrogens is 1. The molecule has 0 aromatic carbocycles. The lowest BCUT2D eigenvalue weighted by atomic mass is 10.00. The molecular weight excluding hydrogens is 404 g/mol. The van der Waals surface area contributed by atoms with Gasteiger partial charge in [-0.1, -0.05) is 0 Å². The Morgan fingerprint density at radius 1 is 1.20 bits per heavy atom. The predicted molar refractivity (Wildman–Crippen MR) is 112 cm³/mol. The zero-order valence-corrected chi connectivity index (χ0v) is 17.7. The van der Waals surface area contributed by atoms with Gasteiger partial charge < -0.3 is 9.80 Å². The lowest BCUT2D eigenvalue weighted by Gasteiger charge is -2.38. The maximum absolute atomic E-state index is 13.3. The van der Waals surface area contributed by atoms with Gasteiger partial charge in [0.2, 0.25) is 17.7 Å². The number of piperidine rings is 1. The molecule has 4 heterocycles. The van der Waals surface area contributed by atoms with Crippen molar-refractivity contribution in [3.63, 3.8) is 0 Å². The van der Waals surface area contributed by atoms with Gasteiger partial charge in [0.25, 0.3) is 5.91 Å². The highest BCUT2D eigenvalue weighted by Gasteiger charge is 2.33. The molecule has 158 valence electrons. The van der Waals surface area contributed by atoms with Crippen LogP contribution in [0.25, 0.3) is 10.2 Å². The monoisotopic (exact) mass is 428 g/mol. The van der Waals surface area contributed by atoms with Crippen molar-refractivity contribution in [2.45, 2.75) is 38.1 Å². The largest absolute Gasteiger partial charge is 0.342 e. The maximum atomic E-state index is 13.3. The van der Waals surface area contributed by atoms with Crippen LogP contribution in [0.4, 0.5) is 0 Å². The van der Waals surface area contributed by atoms with Crippen LogP contribution >= 0.6 is 11.3 Å². The highest BCUT2D eigenvalue weighted by Crippen LogP contribution is 2.27. The first-order valence-corrected chi connectivity index (χ1v) is 11.0. The van der Waals surface area contributed by atoms with Crippen LogP contribution in [-0.2, 0) is 14.4 Å². The SMILES string of the molecule is CN(C[C@@H]1CCCCN1C(=O)c1ccnc2ccsc12)C(=O)CN1C(=O)CCC1=O. The molecule has 4 amide bonds. The van der Waals surface area contributed by atoms with Crippen LogP contribution < -0.4 is 0 Å². The van der Waals surface area contributed by atoms with Crippen LogP contribution in [0, 0.1) is 0 Å². The van der Waals surface area contributed by atoms with Crippen molar-refractivity contribution in [1.82, 2.24) is 19.7 Å². The number of hydrogen-bond donors (Lipinski definition) is 0. The number of thiophene rings is 1. The molecule has 2 aliphatic rings. The average molecular weight is 429 g/mol. The van der Waals surface area contributed by atoms with Gasteiger partial charge in [0.15, 0.2) is 0 Å². The van der Waals surface area contributed by atoms with E-state index in [0.29, 0.717) is 18.7 Å². The van der Waals surface area contributed by atoms with E-state index in [1.165, 1.54) is 16.2 Å². The molecule has 2 aromatic rings. The Labute approximate surface area is 178 Å². The molecule has 0 radical (unpaired) electrons. The second-order valence-electron chi connectivity index (χ2n) is 7.79. The molecule has 0 unspecified atom stereocenters. The van der Waals surface area contributed by atoms with E-state index >= 15 is 0 Å². The third-order valence-corrected chi connectivity index (χ3v) is 6.76. The Kier molecular flexibility index (Phi) is 5.80. The van der Waals surface area contributed by atoms with Gasteiger partial charge in [0.05, 0.1) is 15.8 Å². The highest BCUT2D eigenvalue weighted by atomic mass is 32.1. The fourth-order valence-electron chi connectivity index (χ4n) is 4.13. The first kappa shape index (κ1) is 20.5. The molecule has 2 aromatic heterocycles. The quantitative estimate of drug-likeness (QED) is 0.679. The lowest BCUT2D eigenvalue weighted by Crippen LogP contribution is -2.51. The molecule has 30 heavy (non-hydrogen) atoms. The smallest absolute Gasteiger partial charge is 0.255 e. The van der Waals surface area contributed by atoms with Gasteiger partial charge in [-0.15, -0.1) is 11.3 Å². The summed E-state index contributed by atoms with van der Waals surface area (Å²) < 4.78 is 0.877. The molecule has 2 saturated heterocycles. The number of carbonyl (C=O) groups excluding carboxylic acids is 4. The minimum atomic E-state index is -0.297. The lowest BCUT2D eigenvalue weighted by molar-refractivity contribution is -0.145. The van der Waals surface area contributed by atoms with Crippen molar-refractivity contribution in [2.24, 2.45) is 0 Å². The van der Waals surface area contributed by atoms with E-state index < -0.39 is 0 Å². The molecule has 8 nitrogen and oxygen atoms in total. The highest BCUT2D eigenvalue weighted by molar-refractivity contribution is 7.17. The summed E-state index contributed by atoms with van der Waals surface area (Å²) in [6.45, 7) is 0.790. The number of amides is 4. The molecule has 2 fully saturated rings. The number of pyridine rings is 1. The number of nitrogens with zero attached hydrogens (tertiary/aromatic N) is 4. The van der Waals surface area contributed by atoms with Gasteiger partial charge in [0.1, 0.15) is 6.54 Å². The van der Waals surface area contributed by atoms with Gasteiger partial charge in [-0.05, 0) is 36.8 Å². The van der Waals surface area contributed by atoms with E-state index in [0.717, 1.165) is 34.4 Å². The fourth-order valence-corrected chi connectivity index (χ4v) is 4.98. The third-order valence-electron chi connectivity index (χ3n) is 5.82. The predicted octanol–water partition coefficient (Wildman–Crippen LogP) is 1.90. The summed E-state index contributed by atoms with van der Waals surface area (Å²) in [5.74, 6) is -0.927. The van der Waals surface area contributed by atoms with E-state index in [1.807, 2.05) is 16.3 Å². The normalized spacial score (nSPS) is 19.6. The molecule has 4 rings (SSSR count). The second kappa shape index (κ2) is 8.51. The molecule has 1 atom stereocenters. The van der Waals surface area contributed by atoms with Crippen molar-refractivity contribution in [2.75, 3.05) is 26.7 Å². The summed E-state index contributed by atoms with van der Waals surface area (Å²) in [7, 11) is 1.66. The molecule has 0 N–H and O–H groups in total. The van der Waals surface area contributed by atoms with Crippen molar-refractivity contribution >= 4 is 45.2 Å². The van der Waals surface area contributed by atoms with Crippen LogP contribution in [0.15, 0.2) is 23.7 Å². The fraction of sp³-hybridized carbons (Fsp3) is 0.476. The number of rotatable bonds is 5. The summed E-state index contributed by atoms with van der Waals surface area (Å²) in [4.78, 5) is 58.3. The van der Waals surface area contributed by atoms with Crippen molar-refractivity contribution in [1.29, 1.82) is 0 Å². The van der Waals surface area contributed by atoms with Crippen molar-refractivity contribution < 1.29 is 19.2 Å². The molecule has 2 aliphatic heterocycles. The van der Waals surface area contributed by atoms with E-state index in [2.05, 4.69) is 4.98 Å². The summed E-state index contributed by atoms with van der Waals surface area (Å²) >= 11 is 1.50. The van der Waals surface area contributed by atoms with Gasteiger partial charge in [-0.2, -0.15) is 0 Å². The van der Waals surface area contributed by atoms with Gasteiger partial charge in [-0.3, -0.25) is 29.1 Å². The number of imide groups is 1. The van der Waals surface area contributed by atoms with Crippen LogP contribution in [0.3, 0.4) is 0 Å². The maximum Gasteiger partial charge on any atom is 0.255 e. The summed E-state index contributed by atoms with van der Waals surface area (Å²) in [6, 6.07) is 3.55. The Balaban J connectivity index is 1.46. The molecule has 0 aliphatic carbocycles. The van der Waals surface area contributed by atoms with Crippen LogP contribution in [0.1, 0.15) is 42.5 Å². The zero-order chi connectivity index (χ0) is 21.3. The molecule has 0 bridgehead atoms. The number of hydrogen-bond acceptors (Lipinski definition) is 6. The van der Waals surface area contributed by atoms with E-state index in [9.17, 15) is 19.2 Å². The molecule has 0 saturated carbocycles.